The van der Waals surface area contributed by atoms with Crippen LogP contribution in [0.1, 0.15) is 57.6 Å². The highest BCUT2D eigenvalue weighted by atomic mass is 19.3. The Morgan fingerprint density at radius 2 is 1.68 bits per heavy atom. The SMILES string of the molecule is CC(C)c1cccc(C(F)(F)C2CCN(C(C)C)CC2)c1F. The number of halogens is 3. The van der Waals surface area contributed by atoms with Crippen LogP contribution in [0.4, 0.5) is 13.2 Å². The van der Waals surface area contributed by atoms with Crippen molar-refractivity contribution in [1.82, 2.24) is 4.90 Å². The summed E-state index contributed by atoms with van der Waals surface area (Å²) in [5.74, 6) is -4.70. The third-order valence-electron chi connectivity index (χ3n) is 4.78. The average molecular weight is 313 g/mol. The highest BCUT2D eigenvalue weighted by molar-refractivity contribution is 5.31. The van der Waals surface area contributed by atoms with E-state index >= 15 is 0 Å². The fourth-order valence-corrected chi connectivity index (χ4v) is 3.25. The van der Waals surface area contributed by atoms with Crippen LogP contribution >= 0.6 is 0 Å². The zero-order chi connectivity index (χ0) is 16.5. The van der Waals surface area contributed by atoms with E-state index in [1.807, 2.05) is 13.8 Å². The molecule has 1 saturated heterocycles. The van der Waals surface area contributed by atoms with E-state index in [0.717, 1.165) is 0 Å². The number of hydrogen-bond donors (Lipinski definition) is 0. The summed E-state index contributed by atoms with van der Waals surface area (Å²) >= 11 is 0. The van der Waals surface area contributed by atoms with Crippen molar-refractivity contribution in [3.63, 3.8) is 0 Å². The van der Waals surface area contributed by atoms with Gasteiger partial charge in [0.2, 0.25) is 0 Å². The lowest BCUT2D eigenvalue weighted by Crippen LogP contribution is -2.42. The highest BCUT2D eigenvalue weighted by Crippen LogP contribution is 2.43. The molecule has 0 radical (unpaired) electrons. The molecule has 0 bridgehead atoms. The van der Waals surface area contributed by atoms with Crippen molar-refractivity contribution in [3.05, 3.63) is 35.1 Å². The fourth-order valence-electron chi connectivity index (χ4n) is 3.25. The molecule has 0 N–H and O–H groups in total. The number of rotatable bonds is 4. The minimum atomic E-state index is -3.10. The predicted molar refractivity (Wildman–Crippen MR) is 83.8 cm³/mol. The van der Waals surface area contributed by atoms with Crippen LogP contribution in [-0.4, -0.2) is 24.0 Å². The third kappa shape index (κ3) is 3.32. The molecule has 0 spiro atoms. The Kier molecular flexibility index (Phi) is 5.21. The summed E-state index contributed by atoms with van der Waals surface area (Å²) in [6.45, 7) is 9.10. The number of hydrogen-bond acceptors (Lipinski definition) is 1. The number of alkyl halides is 2. The second kappa shape index (κ2) is 6.61. The van der Waals surface area contributed by atoms with Crippen LogP contribution in [0.2, 0.25) is 0 Å². The summed E-state index contributed by atoms with van der Waals surface area (Å²) in [5, 5.41) is 0. The number of piperidine rings is 1. The first kappa shape index (κ1) is 17.3. The van der Waals surface area contributed by atoms with E-state index in [4.69, 9.17) is 0 Å². The van der Waals surface area contributed by atoms with Gasteiger partial charge in [0.1, 0.15) is 5.82 Å². The molecule has 1 aromatic rings. The van der Waals surface area contributed by atoms with Gasteiger partial charge in [-0.05, 0) is 51.3 Å². The van der Waals surface area contributed by atoms with Gasteiger partial charge < -0.3 is 4.90 Å². The molecule has 0 saturated carbocycles. The Bertz CT molecular complexity index is 503. The zero-order valence-electron chi connectivity index (χ0n) is 13.9. The molecule has 1 aromatic carbocycles. The Hall–Kier alpha value is -1.03. The summed E-state index contributed by atoms with van der Waals surface area (Å²) in [6.07, 6.45) is 0.826. The lowest BCUT2D eigenvalue weighted by Gasteiger charge is -2.38. The van der Waals surface area contributed by atoms with Gasteiger partial charge in [0.05, 0.1) is 5.56 Å². The van der Waals surface area contributed by atoms with Crippen LogP contribution < -0.4 is 0 Å². The van der Waals surface area contributed by atoms with Gasteiger partial charge in [-0.3, -0.25) is 0 Å². The van der Waals surface area contributed by atoms with Crippen LogP contribution in [0.3, 0.4) is 0 Å². The Morgan fingerprint density at radius 3 is 2.18 bits per heavy atom. The second-order valence-corrected chi connectivity index (χ2v) is 6.89. The van der Waals surface area contributed by atoms with E-state index in [9.17, 15) is 13.2 Å². The van der Waals surface area contributed by atoms with Crippen molar-refractivity contribution in [3.8, 4) is 0 Å². The van der Waals surface area contributed by atoms with Gasteiger partial charge in [-0.15, -0.1) is 0 Å². The molecule has 0 unspecified atom stereocenters. The van der Waals surface area contributed by atoms with E-state index < -0.39 is 23.2 Å². The molecule has 0 amide bonds. The van der Waals surface area contributed by atoms with Crippen LogP contribution in [0.5, 0.6) is 0 Å². The van der Waals surface area contributed by atoms with E-state index in [2.05, 4.69) is 18.7 Å². The van der Waals surface area contributed by atoms with Crippen LogP contribution in [0.15, 0.2) is 18.2 Å². The topological polar surface area (TPSA) is 3.24 Å². The van der Waals surface area contributed by atoms with E-state index in [1.54, 1.807) is 12.1 Å². The van der Waals surface area contributed by atoms with Gasteiger partial charge >= 0.3 is 0 Å². The van der Waals surface area contributed by atoms with Crippen molar-refractivity contribution < 1.29 is 13.2 Å². The molecular formula is C18H26F3N. The van der Waals surface area contributed by atoms with Gasteiger partial charge in [-0.1, -0.05) is 32.0 Å². The molecule has 1 aliphatic heterocycles. The van der Waals surface area contributed by atoms with Gasteiger partial charge in [-0.25, -0.2) is 13.2 Å². The Labute approximate surface area is 131 Å². The lowest BCUT2D eigenvalue weighted by atomic mass is 9.84. The molecule has 2 rings (SSSR count). The van der Waals surface area contributed by atoms with Gasteiger partial charge in [0, 0.05) is 12.0 Å². The predicted octanol–water partition coefficient (Wildman–Crippen LogP) is 5.16. The fraction of sp³-hybridized carbons (Fsp3) is 0.667. The third-order valence-corrected chi connectivity index (χ3v) is 4.78. The molecule has 1 nitrogen and oxygen atoms in total. The minimum absolute atomic E-state index is 0.0986. The average Bonchev–Trinajstić information content (AvgIpc) is 2.47. The van der Waals surface area contributed by atoms with E-state index in [1.165, 1.54) is 6.07 Å². The Balaban J connectivity index is 2.23. The molecular weight excluding hydrogens is 287 g/mol. The first-order valence-electron chi connectivity index (χ1n) is 8.15. The van der Waals surface area contributed by atoms with Gasteiger partial charge in [-0.2, -0.15) is 0 Å². The summed E-state index contributed by atoms with van der Waals surface area (Å²) in [4.78, 5) is 2.20. The standard InChI is InChI=1S/C18H26F3N/c1-12(2)15-6-5-7-16(17(15)19)18(20,21)14-8-10-22(11-9-14)13(3)4/h5-7,12-14H,8-11H2,1-4H3. The number of nitrogens with zero attached hydrogens (tertiary/aromatic N) is 1. The van der Waals surface area contributed by atoms with Crippen molar-refractivity contribution in [2.24, 2.45) is 5.92 Å². The van der Waals surface area contributed by atoms with Crippen molar-refractivity contribution in [2.45, 2.75) is 58.4 Å². The summed E-state index contributed by atoms with van der Waals surface area (Å²) in [5.41, 5.74) is -0.0570. The van der Waals surface area contributed by atoms with Gasteiger partial charge in [0.15, 0.2) is 0 Å². The van der Waals surface area contributed by atoms with E-state index in [0.29, 0.717) is 37.5 Å². The molecule has 124 valence electrons. The van der Waals surface area contributed by atoms with Crippen LogP contribution in [0.25, 0.3) is 0 Å². The monoisotopic (exact) mass is 313 g/mol. The normalized spacial score (nSPS) is 18.4. The highest BCUT2D eigenvalue weighted by Gasteiger charge is 2.45. The molecule has 22 heavy (non-hydrogen) atoms. The van der Waals surface area contributed by atoms with E-state index in [-0.39, 0.29) is 5.92 Å². The van der Waals surface area contributed by atoms with Crippen molar-refractivity contribution in [1.29, 1.82) is 0 Å². The zero-order valence-corrected chi connectivity index (χ0v) is 13.9. The molecule has 1 fully saturated rings. The number of benzene rings is 1. The minimum Gasteiger partial charge on any atom is -0.301 e. The maximum Gasteiger partial charge on any atom is 0.278 e. The van der Waals surface area contributed by atoms with Crippen molar-refractivity contribution >= 4 is 0 Å². The molecule has 1 heterocycles. The van der Waals surface area contributed by atoms with Crippen LogP contribution in [-0.2, 0) is 5.92 Å². The molecule has 0 atom stereocenters. The first-order valence-corrected chi connectivity index (χ1v) is 8.15. The molecule has 1 aliphatic rings. The summed E-state index contributed by atoms with van der Waals surface area (Å²) in [6, 6.07) is 4.76. The summed E-state index contributed by atoms with van der Waals surface area (Å²) < 4.78 is 44.1. The lowest BCUT2D eigenvalue weighted by molar-refractivity contribution is -0.0900. The quantitative estimate of drug-likeness (QED) is 0.742. The maximum absolute atomic E-state index is 14.8. The van der Waals surface area contributed by atoms with Crippen molar-refractivity contribution in [2.75, 3.05) is 13.1 Å². The molecule has 0 aliphatic carbocycles. The molecule has 0 aromatic heterocycles. The second-order valence-electron chi connectivity index (χ2n) is 6.89. The summed E-state index contributed by atoms with van der Waals surface area (Å²) in [7, 11) is 0. The molecule has 4 heteroatoms. The smallest absolute Gasteiger partial charge is 0.278 e. The number of likely N-dealkylation sites (tertiary alicyclic amines) is 1. The Morgan fingerprint density at radius 1 is 1.09 bits per heavy atom. The maximum atomic E-state index is 14.8. The van der Waals surface area contributed by atoms with Crippen LogP contribution in [0, 0.1) is 11.7 Å². The first-order chi connectivity index (χ1) is 10.2. The largest absolute Gasteiger partial charge is 0.301 e. The van der Waals surface area contributed by atoms with Gasteiger partial charge in [0.25, 0.3) is 5.92 Å².